The number of amides is 1. The third-order valence-electron chi connectivity index (χ3n) is 3.37. The molecule has 0 radical (unpaired) electrons. The second-order valence-corrected chi connectivity index (χ2v) is 4.54. The number of carbonyl (C=O) groups excluding carboxylic acids is 1. The van der Waals surface area contributed by atoms with Crippen LogP contribution in [0, 0.1) is 12.3 Å². The number of rotatable bonds is 4. The van der Waals surface area contributed by atoms with E-state index in [0.717, 1.165) is 5.69 Å². The summed E-state index contributed by atoms with van der Waals surface area (Å²) in [6, 6.07) is 0. The lowest BCUT2D eigenvalue weighted by Gasteiger charge is -2.10. The van der Waals surface area contributed by atoms with Crippen molar-refractivity contribution in [2.24, 2.45) is 12.5 Å². The summed E-state index contributed by atoms with van der Waals surface area (Å²) < 4.78 is 1.61. The molecule has 1 aromatic heterocycles. The van der Waals surface area contributed by atoms with E-state index in [1.54, 1.807) is 18.7 Å². The minimum atomic E-state index is -0.833. The van der Waals surface area contributed by atoms with Crippen LogP contribution in [0.5, 0.6) is 0 Å². The van der Waals surface area contributed by atoms with Crippen molar-refractivity contribution in [1.82, 2.24) is 15.1 Å². The number of hydrogen-bond acceptors (Lipinski definition) is 3. The molecule has 1 aliphatic rings. The molecule has 2 N–H and O–H groups in total. The smallest absolute Gasteiger partial charge is 0.311 e. The molecule has 92 valence electrons. The first kappa shape index (κ1) is 11.6. The molecule has 0 atom stereocenters. The van der Waals surface area contributed by atoms with Gasteiger partial charge in [-0.15, -0.1) is 0 Å². The highest BCUT2D eigenvalue weighted by Crippen LogP contribution is 2.45. The summed E-state index contributed by atoms with van der Waals surface area (Å²) in [5.74, 6) is -1.09. The van der Waals surface area contributed by atoms with Crippen molar-refractivity contribution in [3.63, 3.8) is 0 Å². The first-order valence-electron chi connectivity index (χ1n) is 5.46. The van der Waals surface area contributed by atoms with Gasteiger partial charge in [0.1, 0.15) is 0 Å². The second-order valence-electron chi connectivity index (χ2n) is 4.54. The summed E-state index contributed by atoms with van der Waals surface area (Å²) in [6.45, 7) is 1.99. The molecule has 6 nitrogen and oxygen atoms in total. The molecule has 17 heavy (non-hydrogen) atoms. The van der Waals surface area contributed by atoms with Gasteiger partial charge in [-0.25, -0.2) is 0 Å². The average Bonchev–Trinajstić information content (AvgIpc) is 3.00. The quantitative estimate of drug-likeness (QED) is 0.790. The van der Waals surface area contributed by atoms with Crippen LogP contribution in [0.3, 0.4) is 0 Å². The number of carbonyl (C=O) groups is 2. The first-order chi connectivity index (χ1) is 7.96. The van der Waals surface area contributed by atoms with Crippen molar-refractivity contribution in [3.8, 4) is 0 Å². The molecule has 0 spiro atoms. The minimum absolute atomic E-state index is 0.190. The topological polar surface area (TPSA) is 84.2 Å². The molecule has 0 bridgehead atoms. The van der Waals surface area contributed by atoms with Crippen LogP contribution in [0.4, 0.5) is 0 Å². The zero-order valence-corrected chi connectivity index (χ0v) is 9.86. The normalized spacial score (nSPS) is 16.6. The monoisotopic (exact) mass is 237 g/mol. The summed E-state index contributed by atoms with van der Waals surface area (Å²) in [7, 11) is 1.76. The summed E-state index contributed by atoms with van der Waals surface area (Å²) >= 11 is 0. The van der Waals surface area contributed by atoms with E-state index in [-0.39, 0.29) is 12.5 Å². The molecule has 1 amide bonds. The van der Waals surface area contributed by atoms with Crippen molar-refractivity contribution in [2.45, 2.75) is 19.8 Å². The molecule has 2 rings (SSSR count). The van der Waals surface area contributed by atoms with Crippen LogP contribution in [-0.4, -0.2) is 33.3 Å². The molecule has 1 saturated carbocycles. The third kappa shape index (κ3) is 2.02. The molecule has 6 heteroatoms. The number of carboxylic acid groups (broad SMARTS) is 1. The molecule has 0 unspecified atom stereocenters. The number of nitrogens with one attached hydrogen (secondary N) is 1. The van der Waals surface area contributed by atoms with Gasteiger partial charge in [-0.2, -0.15) is 5.10 Å². The van der Waals surface area contributed by atoms with E-state index in [2.05, 4.69) is 10.4 Å². The Morgan fingerprint density at radius 3 is 2.65 bits per heavy atom. The Hall–Kier alpha value is -1.85. The lowest BCUT2D eigenvalue weighted by molar-refractivity contribution is -0.143. The highest BCUT2D eigenvalue weighted by atomic mass is 16.4. The van der Waals surface area contributed by atoms with Crippen molar-refractivity contribution in [3.05, 3.63) is 17.5 Å². The second kappa shape index (κ2) is 3.87. The van der Waals surface area contributed by atoms with Crippen LogP contribution in [0.2, 0.25) is 0 Å². The fourth-order valence-corrected chi connectivity index (χ4v) is 1.68. The van der Waals surface area contributed by atoms with Crippen LogP contribution in [-0.2, 0) is 11.8 Å². The van der Waals surface area contributed by atoms with Gasteiger partial charge in [0.05, 0.1) is 17.2 Å². The highest BCUT2D eigenvalue weighted by molar-refractivity contribution is 5.95. The van der Waals surface area contributed by atoms with Crippen LogP contribution < -0.4 is 5.32 Å². The molecule has 0 saturated heterocycles. The van der Waals surface area contributed by atoms with Gasteiger partial charge in [0, 0.05) is 19.3 Å². The molecule has 1 aliphatic carbocycles. The average molecular weight is 237 g/mol. The maximum atomic E-state index is 11.8. The van der Waals surface area contributed by atoms with Gasteiger partial charge in [-0.3, -0.25) is 14.3 Å². The van der Waals surface area contributed by atoms with Gasteiger partial charge >= 0.3 is 5.97 Å². The zero-order valence-electron chi connectivity index (χ0n) is 9.86. The molecule has 0 aromatic carbocycles. The number of hydrogen-bond donors (Lipinski definition) is 2. The number of nitrogens with zero attached hydrogens (tertiary/aromatic N) is 2. The molecule has 0 aliphatic heterocycles. The lowest BCUT2D eigenvalue weighted by Crippen LogP contribution is -2.34. The van der Waals surface area contributed by atoms with Gasteiger partial charge in [-0.05, 0) is 19.8 Å². The summed E-state index contributed by atoms with van der Waals surface area (Å²) in [5.41, 5.74) is 0.530. The fraction of sp³-hybridized carbons (Fsp3) is 0.545. The maximum Gasteiger partial charge on any atom is 0.311 e. The Kier molecular flexibility index (Phi) is 2.65. The van der Waals surface area contributed by atoms with Crippen molar-refractivity contribution < 1.29 is 14.7 Å². The van der Waals surface area contributed by atoms with E-state index in [1.165, 1.54) is 6.20 Å². The number of aliphatic carboxylic acids is 1. The van der Waals surface area contributed by atoms with Gasteiger partial charge in [-0.1, -0.05) is 0 Å². The zero-order chi connectivity index (χ0) is 12.6. The van der Waals surface area contributed by atoms with Gasteiger partial charge < -0.3 is 10.4 Å². The van der Waals surface area contributed by atoms with Crippen molar-refractivity contribution in [2.75, 3.05) is 6.54 Å². The van der Waals surface area contributed by atoms with Crippen LogP contribution >= 0.6 is 0 Å². The largest absolute Gasteiger partial charge is 0.481 e. The Morgan fingerprint density at radius 1 is 1.59 bits per heavy atom. The minimum Gasteiger partial charge on any atom is -0.481 e. The van der Waals surface area contributed by atoms with Gasteiger partial charge in [0.25, 0.3) is 5.91 Å². The predicted octanol–water partition coefficient (Wildman–Crippen LogP) is 0.323. The molecular weight excluding hydrogens is 222 g/mol. The molecule has 1 heterocycles. The SMILES string of the molecule is Cc1c(C(=O)NCC2(C(=O)O)CC2)cnn1C. The van der Waals surface area contributed by atoms with Crippen LogP contribution in [0.25, 0.3) is 0 Å². The fourth-order valence-electron chi connectivity index (χ4n) is 1.68. The van der Waals surface area contributed by atoms with E-state index in [0.29, 0.717) is 18.4 Å². The summed E-state index contributed by atoms with van der Waals surface area (Å²) in [4.78, 5) is 22.8. The standard InChI is InChI=1S/C11H15N3O3/c1-7-8(5-13-14(7)2)9(15)12-6-11(3-4-11)10(16)17/h5H,3-4,6H2,1-2H3,(H,12,15)(H,16,17). The Labute approximate surface area is 98.6 Å². The number of aryl methyl sites for hydroxylation is 1. The van der Waals surface area contributed by atoms with Crippen LogP contribution in [0.1, 0.15) is 28.9 Å². The van der Waals surface area contributed by atoms with Gasteiger partial charge in [0.15, 0.2) is 0 Å². The van der Waals surface area contributed by atoms with Gasteiger partial charge in [0.2, 0.25) is 0 Å². The summed E-state index contributed by atoms with van der Waals surface area (Å²) in [5, 5.41) is 15.6. The Morgan fingerprint density at radius 2 is 2.24 bits per heavy atom. The first-order valence-corrected chi connectivity index (χ1v) is 5.46. The van der Waals surface area contributed by atoms with E-state index in [4.69, 9.17) is 5.11 Å². The Balaban J connectivity index is 1.99. The lowest BCUT2D eigenvalue weighted by atomic mass is 10.1. The number of aromatic nitrogens is 2. The molecular formula is C11H15N3O3. The number of carboxylic acids is 1. The van der Waals surface area contributed by atoms with E-state index < -0.39 is 11.4 Å². The van der Waals surface area contributed by atoms with Crippen molar-refractivity contribution >= 4 is 11.9 Å². The summed E-state index contributed by atoms with van der Waals surface area (Å²) in [6.07, 6.45) is 2.76. The van der Waals surface area contributed by atoms with E-state index in [1.807, 2.05) is 0 Å². The Bertz CT molecular complexity index is 474. The third-order valence-corrected chi connectivity index (χ3v) is 3.37. The maximum absolute atomic E-state index is 11.8. The van der Waals surface area contributed by atoms with E-state index in [9.17, 15) is 9.59 Å². The van der Waals surface area contributed by atoms with Crippen LogP contribution in [0.15, 0.2) is 6.20 Å². The highest BCUT2D eigenvalue weighted by Gasteiger charge is 2.50. The predicted molar refractivity (Wildman–Crippen MR) is 59.6 cm³/mol. The van der Waals surface area contributed by atoms with E-state index >= 15 is 0 Å². The van der Waals surface area contributed by atoms with Crippen molar-refractivity contribution in [1.29, 1.82) is 0 Å². The molecule has 1 fully saturated rings. The molecule has 1 aromatic rings.